The quantitative estimate of drug-likeness (QED) is 0.621. The van der Waals surface area contributed by atoms with Gasteiger partial charge < -0.3 is 14.1 Å². The van der Waals surface area contributed by atoms with E-state index in [-0.39, 0.29) is 28.3 Å². The lowest BCUT2D eigenvalue weighted by molar-refractivity contribution is 0.0662. The fourth-order valence-electron chi connectivity index (χ4n) is 4.58. The molecule has 8 heteroatoms. The summed E-state index contributed by atoms with van der Waals surface area (Å²) in [4.78, 5) is 28.4. The molecule has 5 rings (SSSR count). The van der Waals surface area contributed by atoms with Crippen LogP contribution in [0.4, 0.5) is 0 Å². The summed E-state index contributed by atoms with van der Waals surface area (Å²) in [6.45, 7) is 2.35. The fraction of sp³-hybridized carbons (Fsp3) is 0.304. The molecule has 0 bridgehead atoms. The Morgan fingerprint density at radius 3 is 2.68 bits per heavy atom. The third kappa shape index (κ3) is 3.22. The first kappa shape index (κ1) is 19.8. The zero-order valence-corrected chi connectivity index (χ0v) is 17.7. The number of sulfone groups is 1. The number of carbonyl (C=O) groups excluding carboxylic acids is 1. The zero-order valence-electron chi connectivity index (χ0n) is 16.9. The largest absolute Gasteiger partial charge is 0.494 e. The van der Waals surface area contributed by atoms with Crippen molar-refractivity contribution in [1.82, 2.24) is 4.90 Å². The predicted octanol–water partition coefficient (Wildman–Crippen LogP) is 2.92. The summed E-state index contributed by atoms with van der Waals surface area (Å²) in [5, 5.41) is 0.390. The molecule has 2 aliphatic heterocycles. The highest BCUT2D eigenvalue weighted by Crippen LogP contribution is 2.42. The Morgan fingerprint density at radius 2 is 1.94 bits per heavy atom. The lowest BCUT2D eigenvalue weighted by Crippen LogP contribution is -2.40. The van der Waals surface area contributed by atoms with E-state index in [4.69, 9.17) is 9.15 Å². The third-order valence-electron chi connectivity index (χ3n) is 5.90. The van der Waals surface area contributed by atoms with Crippen molar-refractivity contribution in [3.05, 3.63) is 75.6 Å². The minimum Gasteiger partial charge on any atom is -0.494 e. The van der Waals surface area contributed by atoms with Gasteiger partial charge in [0.05, 0.1) is 35.1 Å². The van der Waals surface area contributed by atoms with Gasteiger partial charge in [0.15, 0.2) is 15.3 Å². The van der Waals surface area contributed by atoms with E-state index in [1.165, 1.54) is 4.90 Å². The highest BCUT2D eigenvalue weighted by molar-refractivity contribution is 7.91. The standard InChI is InChI=1S/C23H21NO6S/c1-2-29-16-7-5-6-14(12-16)20-19-21(25)17-8-3-4-9-18(17)30-22(19)23(26)24(20)15-10-11-31(27,28)13-15/h3-9,12,15,20H,2,10-11,13H2,1H3/t15-,20+/m0/s1. The molecule has 2 aromatic carbocycles. The van der Waals surface area contributed by atoms with E-state index < -0.39 is 27.8 Å². The van der Waals surface area contributed by atoms with Crippen LogP contribution in [0.25, 0.3) is 11.0 Å². The summed E-state index contributed by atoms with van der Waals surface area (Å²) in [7, 11) is -3.24. The van der Waals surface area contributed by atoms with E-state index in [1.807, 2.05) is 13.0 Å². The molecule has 160 valence electrons. The van der Waals surface area contributed by atoms with Crippen molar-refractivity contribution in [1.29, 1.82) is 0 Å². The van der Waals surface area contributed by atoms with Crippen LogP contribution in [0.2, 0.25) is 0 Å². The highest BCUT2D eigenvalue weighted by Gasteiger charge is 2.48. The number of benzene rings is 2. The van der Waals surface area contributed by atoms with Gasteiger partial charge in [-0.1, -0.05) is 24.3 Å². The molecular formula is C23H21NO6S. The molecule has 31 heavy (non-hydrogen) atoms. The van der Waals surface area contributed by atoms with Gasteiger partial charge in [-0.15, -0.1) is 0 Å². The number of rotatable bonds is 4. The van der Waals surface area contributed by atoms with Crippen molar-refractivity contribution in [3.8, 4) is 5.75 Å². The molecule has 0 N–H and O–H groups in total. The Labute approximate surface area is 179 Å². The summed E-state index contributed by atoms with van der Waals surface area (Å²) in [6.07, 6.45) is 0.331. The lowest BCUT2D eigenvalue weighted by atomic mass is 9.97. The maximum atomic E-state index is 13.5. The number of fused-ring (bicyclic) bond motifs is 2. The van der Waals surface area contributed by atoms with Crippen molar-refractivity contribution >= 4 is 26.7 Å². The number of amides is 1. The smallest absolute Gasteiger partial charge is 0.291 e. The van der Waals surface area contributed by atoms with E-state index in [2.05, 4.69) is 0 Å². The van der Waals surface area contributed by atoms with E-state index in [1.54, 1.807) is 42.5 Å². The molecule has 1 aromatic heterocycles. The van der Waals surface area contributed by atoms with Gasteiger partial charge in [0.2, 0.25) is 5.76 Å². The van der Waals surface area contributed by atoms with Crippen molar-refractivity contribution in [2.24, 2.45) is 0 Å². The Hall–Kier alpha value is -3.13. The van der Waals surface area contributed by atoms with Gasteiger partial charge in [-0.2, -0.15) is 0 Å². The molecule has 0 unspecified atom stereocenters. The number of ether oxygens (including phenoxy) is 1. The molecule has 0 aliphatic carbocycles. The Morgan fingerprint density at radius 1 is 1.13 bits per heavy atom. The zero-order chi connectivity index (χ0) is 21.8. The number of para-hydroxylation sites is 1. The van der Waals surface area contributed by atoms with E-state index in [9.17, 15) is 18.0 Å². The molecule has 1 amide bonds. The molecular weight excluding hydrogens is 418 g/mol. The first-order chi connectivity index (χ1) is 14.9. The van der Waals surface area contributed by atoms with Crippen LogP contribution < -0.4 is 10.2 Å². The van der Waals surface area contributed by atoms with Crippen LogP contribution in [0.1, 0.15) is 41.1 Å². The molecule has 3 aromatic rings. The lowest BCUT2D eigenvalue weighted by Gasteiger charge is -2.30. The normalized spacial score (nSPS) is 22.1. The molecule has 1 fully saturated rings. The molecule has 0 spiro atoms. The summed E-state index contributed by atoms with van der Waals surface area (Å²) in [5.41, 5.74) is 0.995. The van der Waals surface area contributed by atoms with Gasteiger partial charge in [-0.3, -0.25) is 9.59 Å². The summed E-state index contributed by atoms with van der Waals surface area (Å²) in [6, 6.07) is 12.8. The third-order valence-corrected chi connectivity index (χ3v) is 7.65. The van der Waals surface area contributed by atoms with Gasteiger partial charge in [0, 0.05) is 6.04 Å². The highest BCUT2D eigenvalue weighted by atomic mass is 32.2. The SMILES string of the molecule is CCOc1cccc([C@@H]2c3c(oc4ccccc4c3=O)C(=O)N2[C@H]2CCS(=O)(=O)C2)c1. The molecule has 0 radical (unpaired) electrons. The second kappa shape index (κ2) is 7.23. The van der Waals surface area contributed by atoms with Gasteiger partial charge in [-0.05, 0) is 43.2 Å². The first-order valence-electron chi connectivity index (χ1n) is 10.2. The van der Waals surface area contributed by atoms with Crippen LogP contribution in [0, 0.1) is 0 Å². The first-order valence-corrected chi connectivity index (χ1v) is 12.0. The van der Waals surface area contributed by atoms with Crippen LogP contribution in [0.5, 0.6) is 5.75 Å². The average molecular weight is 439 g/mol. The van der Waals surface area contributed by atoms with Crippen LogP contribution in [0.3, 0.4) is 0 Å². The molecule has 2 atom stereocenters. The summed E-state index contributed by atoms with van der Waals surface area (Å²) < 4.78 is 35.9. The van der Waals surface area contributed by atoms with E-state index in [0.717, 1.165) is 0 Å². The Bertz CT molecular complexity index is 1360. The monoisotopic (exact) mass is 439 g/mol. The summed E-state index contributed by atoms with van der Waals surface area (Å²) >= 11 is 0. The van der Waals surface area contributed by atoms with Crippen LogP contribution in [0.15, 0.2) is 57.7 Å². The van der Waals surface area contributed by atoms with E-state index >= 15 is 0 Å². The fourth-order valence-corrected chi connectivity index (χ4v) is 6.29. The second-order valence-electron chi connectivity index (χ2n) is 7.85. The van der Waals surface area contributed by atoms with Crippen molar-refractivity contribution < 1.29 is 22.4 Å². The minimum atomic E-state index is -3.24. The topological polar surface area (TPSA) is 93.9 Å². The van der Waals surface area contributed by atoms with Crippen molar-refractivity contribution in [2.75, 3.05) is 18.1 Å². The van der Waals surface area contributed by atoms with Gasteiger partial charge in [0.1, 0.15) is 11.3 Å². The van der Waals surface area contributed by atoms with Crippen molar-refractivity contribution in [3.63, 3.8) is 0 Å². The van der Waals surface area contributed by atoms with Crippen LogP contribution in [-0.4, -0.2) is 43.4 Å². The maximum absolute atomic E-state index is 13.5. The van der Waals surface area contributed by atoms with Crippen LogP contribution in [-0.2, 0) is 9.84 Å². The van der Waals surface area contributed by atoms with Crippen LogP contribution >= 0.6 is 0 Å². The Balaban J connectivity index is 1.74. The number of hydrogen-bond donors (Lipinski definition) is 0. The molecule has 3 heterocycles. The Kier molecular flexibility index (Phi) is 4.62. The van der Waals surface area contributed by atoms with Gasteiger partial charge in [-0.25, -0.2) is 8.42 Å². The van der Waals surface area contributed by atoms with E-state index in [0.29, 0.717) is 35.3 Å². The maximum Gasteiger partial charge on any atom is 0.291 e. The molecule has 7 nitrogen and oxygen atoms in total. The average Bonchev–Trinajstić information content (AvgIpc) is 3.25. The van der Waals surface area contributed by atoms with Gasteiger partial charge in [0.25, 0.3) is 5.91 Å². The molecule has 0 saturated carbocycles. The number of hydrogen-bond acceptors (Lipinski definition) is 6. The summed E-state index contributed by atoms with van der Waals surface area (Å²) in [5.74, 6) is 0.0474. The minimum absolute atomic E-state index is 0.0141. The number of nitrogens with zero attached hydrogens (tertiary/aromatic N) is 1. The number of carbonyl (C=O) groups is 1. The molecule has 1 saturated heterocycles. The van der Waals surface area contributed by atoms with Crippen molar-refractivity contribution in [2.45, 2.75) is 25.4 Å². The predicted molar refractivity (Wildman–Crippen MR) is 115 cm³/mol. The molecule has 2 aliphatic rings. The second-order valence-corrected chi connectivity index (χ2v) is 10.1. The van der Waals surface area contributed by atoms with Gasteiger partial charge >= 0.3 is 0 Å².